The Balaban J connectivity index is 1.58. The molecule has 1 amide bonds. The van der Waals surface area contributed by atoms with E-state index in [1.807, 2.05) is 30.3 Å². The largest absolute Gasteiger partial charge is 0.468 e. The summed E-state index contributed by atoms with van der Waals surface area (Å²) >= 11 is 0. The Morgan fingerprint density at radius 3 is 2.83 bits per heavy atom. The number of nitrogens with one attached hydrogen (secondary N) is 1. The lowest BCUT2D eigenvalue weighted by Crippen LogP contribution is -2.49. The highest BCUT2D eigenvalue weighted by atomic mass is 16.6. The normalized spacial score (nSPS) is 20.5. The third-order valence-corrected chi connectivity index (χ3v) is 3.93. The number of carbonyl (C=O) groups excluding carboxylic acids is 1. The molecule has 0 bridgehead atoms. The SMILES string of the molecule is COc1ccc(C(=O)N[C@@H]2CCOC[C@H]2OCc2ccccc2)o1. The molecule has 3 rings (SSSR count). The van der Waals surface area contributed by atoms with Crippen molar-refractivity contribution in [3.63, 3.8) is 0 Å². The van der Waals surface area contributed by atoms with E-state index in [0.29, 0.717) is 32.2 Å². The van der Waals surface area contributed by atoms with E-state index in [1.54, 1.807) is 12.1 Å². The smallest absolute Gasteiger partial charge is 0.287 e. The molecule has 2 aromatic rings. The van der Waals surface area contributed by atoms with E-state index >= 15 is 0 Å². The number of ether oxygens (including phenoxy) is 3. The van der Waals surface area contributed by atoms with Crippen LogP contribution >= 0.6 is 0 Å². The summed E-state index contributed by atoms with van der Waals surface area (Å²) in [7, 11) is 1.49. The van der Waals surface area contributed by atoms with Crippen LogP contribution < -0.4 is 10.1 Å². The number of benzene rings is 1. The molecule has 0 aliphatic carbocycles. The van der Waals surface area contributed by atoms with Gasteiger partial charge in [0.25, 0.3) is 11.9 Å². The summed E-state index contributed by atoms with van der Waals surface area (Å²) in [6.45, 7) is 1.53. The van der Waals surface area contributed by atoms with Crippen LogP contribution in [0.15, 0.2) is 46.9 Å². The van der Waals surface area contributed by atoms with Crippen LogP contribution in [0.1, 0.15) is 22.5 Å². The third-order valence-electron chi connectivity index (χ3n) is 3.93. The standard InChI is InChI=1S/C18H21NO5/c1-21-17-8-7-15(24-17)18(20)19-14-9-10-22-12-16(14)23-11-13-5-3-2-4-6-13/h2-8,14,16H,9-12H2,1H3,(H,19,20)/t14-,16-/m1/s1. The van der Waals surface area contributed by atoms with Crippen LogP contribution in [0.3, 0.4) is 0 Å². The molecule has 0 radical (unpaired) electrons. The van der Waals surface area contributed by atoms with E-state index in [4.69, 9.17) is 18.6 Å². The molecular weight excluding hydrogens is 310 g/mol. The highest BCUT2D eigenvalue weighted by molar-refractivity contribution is 5.91. The molecule has 1 aliphatic rings. The number of rotatable bonds is 6. The zero-order valence-corrected chi connectivity index (χ0v) is 13.6. The van der Waals surface area contributed by atoms with Crippen molar-refractivity contribution < 1.29 is 23.4 Å². The van der Waals surface area contributed by atoms with Gasteiger partial charge in [-0.05, 0) is 18.1 Å². The minimum absolute atomic E-state index is 0.119. The first-order valence-electron chi connectivity index (χ1n) is 7.94. The number of furan rings is 1. The molecule has 1 aromatic heterocycles. The summed E-state index contributed by atoms with van der Waals surface area (Å²) < 4.78 is 21.7. The fraction of sp³-hybridized carbons (Fsp3) is 0.389. The molecule has 6 heteroatoms. The molecule has 0 unspecified atom stereocenters. The van der Waals surface area contributed by atoms with E-state index in [2.05, 4.69) is 5.32 Å². The average molecular weight is 331 g/mol. The maximum absolute atomic E-state index is 12.3. The maximum atomic E-state index is 12.3. The first-order chi connectivity index (χ1) is 11.8. The van der Waals surface area contributed by atoms with Crippen LogP contribution in [0.4, 0.5) is 0 Å². The molecule has 1 N–H and O–H groups in total. The second kappa shape index (κ2) is 7.99. The first-order valence-corrected chi connectivity index (χ1v) is 7.94. The van der Waals surface area contributed by atoms with Gasteiger partial charge in [-0.15, -0.1) is 0 Å². The van der Waals surface area contributed by atoms with Crippen molar-refractivity contribution in [1.82, 2.24) is 5.32 Å². The zero-order valence-electron chi connectivity index (χ0n) is 13.6. The highest BCUT2D eigenvalue weighted by Crippen LogP contribution is 2.18. The van der Waals surface area contributed by atoms with Gasteiger partial charge in [0.05, 0.1) is 26.4 Å². The van der Waals surface area contributed by atoms with Crippen molar-refractivity contribution in [2.45, 2.75) is 25.2 Å². The molecule has 0 spiro atoms. The average Bonchev–Trinajstić information content (AvgIpc) is 3.11. The van der Waals surface area contributed by atoms with Crippen molar-refractivity contribution in [2.24, 2.45) is 0 Å². The van der Waals surface area contributed by atoms with Crippen LogP contribution in [0.5, 0.6) is 5.95 Å². The second-order valence-corrected chi connectivity index (χ2v) is 5.60. The first kappa shape index (κ1) is 16.5. The van der Waals surface area contributed by atoms with Crippen LogP contribution in [-0.2, 0) is 16.1 Å². The summed E-state index contributed by atoms with van der Waals surface area (Å²) in [6.07, 6.45) is 0.503. The Labute approximate surface area is 140 Å². The Kier molecular flexibility index (Phi) is 5.51. The molecule has 1 saturated heterocycles. The van der Waals surface area contributed by atoms with Gasteiger partial charge in [0.15, 0.2) is 5.76 Å². The summed E-state index contributed by atoms with van der Waals surface area (Å²) in [4.78, 5) is 12.3. The number of amides is 1. The van der Waals surface area contributed by atoms with Gasteiger partial charge in [-0.1, -0.05) is 30.3 Å². The van der Waals surface area contributed by atoms with Gasteiger partial charge in [0, 0.05) is 12.7 Å². The number of hydrogen-bond donors (Lipinski definition) is 1. The zero-order chi connectivity index (χ0) is 16.8. The monoisotopic (exact) mass is 331 g/mol. The molecule has 24 heavy (non-hydrogen) atoms. The van der Waals surface area contributed by atoms with Crippen LogP contribution in [0.2, 0.25) is 0 Å². The van der Waals surface area contributed by atoms with E-state index in [-0.39, 0.29) is 23.8 Å². The van der Waals surface area contributed by atoms with Gasteiger partial charge in [0.2, 0.25) is 0 Å². The van der Waals surface area contributed by atoms with E-state index < -0.39 is 0 Å². The van der Waals surface area contributed by atoms with E-state index in [9.17, 15) is 4.79 Å². The van der Waals surface area contributed by atoms with Gasteiger partial charge in [-0.3, -0.25) is 4.79 Å². The minimum Gasteiger partial charge on any atom is -0.468 e. The van der Waals surface area contributed by atoms with Crippen molar-refractivity contribution in [2.75, 3.05) is 20.3 Å². The third kappa shape index (κ3) is 4.15. The Morgan fingerprint density at radius 1 is 1.25 bits per heavy atom. The van der Waals surface area contributed by atoms with Gasteiger partial charge >= 0.3 is 0 Å². The second-order valence-electron chi connectivity index (χ2n) is 5.60. The Hall–Kier alpha value is -2.31. The fourth-order valence-electron chi connectivity index (χ4n) is 2.61. The molecule has 6 nitrogen and oxygen atoms in total. The van der Waals surface area contributed by atoms with Crippen molar-refractivity contribution >= 4 is 5.91 Å². The highest BCUT2D eigenvalue weighted by Gasteiger charge is 2.29. The van der Waals surface area contributed by atoms with Crippen molar-refractivity contribution in [1.29, 1.82) is 0 Å². The molecule has 2 atom stereocenters. The van der Waals surface area contributed by atoms with E-state index in [0.717, 1.165) is 5.56 Å². The molecule has 0 saturated carbocycles. The van der Waals surface area contributed by atoms with Crippen molar-refractivity contribution in [3.05, 3.63) is 53.8 Å². The number of hydrogen-bond acceptors (Lipinski definition) is 5. The minimum atomic E-state index is -0.279. The summed E-state index contributed by atoms with van der Waals surface area (Å²) in [6, 6.07) is 13.0. The molecule has 2 heterocycles. The molecule has 1 aliphatic heterocycles. The lowest BCUT2D eigenvalue weighted by molar-refractivity contribution is -0.0737. The lowest BCUT2D eigenvalue weighted by Gasteiger charge is -2.31. The number of carbonyl (C=O) groups is 1. The molecule has 1 aromatic carbocycles. The summed E-state index contributed by atoms with van der Waals surface area (Å²) in [5.74, 6) is 0.252. The van der Waals surface area contributed by atoms with Gasteiger partial charge in [-0.25, -0.2) is 0 Å². The van der Waals surface area contributed by atoms with Crippen molar-refractivity contribution in [3.8, 4) is 5.95 Å². The topological polar surface area (TPSA) is 69.9 Å². The number of methoxy groups -OCH3 is 1. The summed E-state index contributed by atoms with van der Waals surface area (Å²) in [5, 5.41) is 2.97. The van der Waals surface area contributed by atoms with Crippen LogP contribution in [0, 0.1) is 0 Å². The molecule has 128 valence electrons. The Morgan fingerprint density at radius 2 is 2.08 bits per heavy atom. The van der Waals surface area contributed by atoms with Gasteiger partial charge in [-0.2, -0.15) is 0 Å². The maximum Gasteiger partial charge on any atom is 0.287 e. The van der Waals surface area contributed by atoms with Crippen LogP contribution in [0.25, 0.3) is 0 Å². The fourth-order valence-corrected chi connectivity index (χ4v) is 2.61. The van der Waals surface area contributed by atoms with E-state index in [1.165, 1.54) is 7.11 Å². The van der Waals surface area contributed by atoms with Crippen LogP contribution in [-0.4, -0.2) is 38.4 Å². The predicted octanol–water partition coefficient (Wildman–Crippen LogP) is 2.39. The lowest BCUT2D eigenvalue weighted by atomic mass is 10.1. The van der Waals surface area contributed by atoms with Gasteiger partial charge < -0.3 is 23.9 Å². The quantitative estimate of drug-likeness (QED) is 0.880. The molecular formula is C18H21NO5. The Bertz CT molecular complexity index is 654. The summed E-state index contributed by atoms with van der Waals surface area (Å²) in [5.41, 5.74) is 1.09. The van der Waals surface area contributed by atoms with Gasteiger partial charge in [0.1, 0.15) is 6.10 Å². The molecule has 1 fully saturated rings. The predicted molar refractivity (Wildman–Crippen MR) is 87.0 cm³/mol.